The molecular formula is C55H70N4O8Si. The molecule has 5 atom stereocenters. The highest BCUT2D eigenvalue weighted by Crippen LogP contribution is 2.38. The van der Waals surface area contributed by atoms with E-state index in [2.05, 4.69) is 61.0 Å². The summed E-state index contributed by atoms with van der Waals surface area (Å²) in [6.45, 7) is 13.7. The Hall–Kier alpha value is -6.05. The van der Waals surface area contributed by atoms with Crippen molar-refractivity contribution in [3.63, 3.8) is 0 Å². The van der Waals surface area contributed by atoms with Crippen LogP contribution >= 0.6 is 0 Å². The van der Waals surface area contributed by atoms with Gasteiger partial charge in [0.05, 0.1) is 13.2 Å². The molecule has 3 N–H and O–H groups in total. The van der Waals surface area contributed by atoms with E-state index in [0.717, 1.165) is 27.9 Å². The number of allylic oxidation sites excluding steroid dienone is 2. The van der Waals surface area contributed by atoms with E-state index >= 15 is 0 Å². The van der Waals surface area contributed by atoms with Gasteiger partial charge >= 0.3 is 0 Å². The number of hydrogen-bond donors (Lipinski definition) is 3. The smallest absolute Gasteiger partial charge is 0.262 e. The number of carbonyl (C=O) groups is 5. The minimum Gasteiger partial charge on any atom is -0.494 e. The van der Waals surface area contributed by atoms with Crippen molar-refractivity contribution >= 4 is 48.1 Å². The zero-order valence-electron chi connectivity index (χ0n) is 40.6. The predicted octanol–water partition coefficient (Wildman–Crippen LogP) is 6.77. The number of ketones is 1. The van der Waals surface area contributed by atoms with Gasteiger partial charge in [-0.05, 0) is 103 Å². The van der Waals surface area contributed by atoms with Crippen molar-refractivity contribution in [3.05, 3.63) is 132 Å². The Balaban J connectivity index is 1.22. The first kappa shape index (κ1) is 51.3. The van der Waals surface area contributed by atoms with E-state index in [1.807, 2.05) is 118 Å². The molecule has 2 aliphatic heterocycles. The first-order chi connectivity index (χ1) is 32.8. The first-order valence-electron chi connectivity index (χ1n) is 24.4. The minimum atomic E-state index is -2.99. The van der Waals surface area contributed by atoms with E-state index in [4.69, 9.17) is 13.9 Å². The second kappa shape index (κ2) is 24.3. The lowest BCUT2D eigenvalue weighted by Crippen LogP contribution is -2.68. The summed E-state index contributed by atoms with van der Waals surface area (Å²) in [5, 5.41) is 10.8. The zero-order valence-corrected chi connectivity index (χ0v) is 41.6. The number of hydrogen-bond acceptors (Lipinski definition) is 8. The van der Waals surface area contributed by atoms with Crippen molar-refractivity contribution in [2.24, 2.45) is 0 Å². The van der Waals surface area contributed by atoms with Gasteiger partial charge in [0, 0.05) is 25.8 Å². The van der Waals surface area contributed by atoms with Crippen molar-refractivity contribution in [1.29, 1.82) is 0 Å². The highest BCUT2D eigenvalue weighted by Gasteiger charge is 2.52. The van der Waals surface area contributed by atoms with Crippen LogP contribution in [0.15, 0.2) is 121 Å². The molecule has 0 unspecified atom stereocenters. The number of rotatable bonds is 19. The highest BCUT2D eigenvalue weighted by atomic mass is 28.4. The van der Waals surface area contributed by atoms with Crippen LogP contribution in [-0.4, -0.2) is 92.7 Å². The fraction of sp³-hybridized carbons (Fsp3) is 0.436. The lowest BCUT2D eigenvalue weighted by Gasteiger charge is -2.44. The van der Waals surface area contributed by atoms with E-state index in [1.54, 1.807) is 4.90 Å². The Kier molecular flexibility index (Phi) is 18.3. The van der Waals surface area contributed by atoms with E-state index < -0.39 is 56.3 Å². The van der Waals surface area contributed by atoms with Gasteiger partial charge in [-0.25, -0.2) is 0 Å². The van der Waals surface area contributed by atoms with Gasteiger partial charge in [-0.3, -0.25) is 24.0 Å². The fourth-order valence-electron chi connectivity index (χ4n) is 9.40. The Bertz CT molecular complexity index is 2280. The van der Waals surface area contributed by atoms with Crippen LogP contribution in [-0.2, 0) is 41.2 Å². The van der Waals surface area contributed by atoms with Crippen molar-refractivity contribution in [3.8, 4) is 11.5 Å². The third-order valence-electron chi connectivity index (χ3n) is 12.9. The summed E-state index contributed by atoms with van der Waals surface area (Å²) in [4.78, 5) is 73.3. The van der Waals surface area contributed by atoms with Gasteiger partial charge in [-0.1, -0.05) is 125 Å². The van der Waals surface area contributed by atoms with Gasteiger partial charge in [0.15, 0.2) is 5.78 Å². The fourth-order valence-corrected chi connectivity index (χ4v) is 14.1. The Labute approximate surface area is 403 Å². The summed E-state index contributed by atoms with van der Waals surface area (Å²) in [5.74, 6) is -0.479. The number of amides is 4. The van der Waals surface area contributed by atoms with Crippen LogP contribution in [0.5, 0.6) is 11.5 Å². The Morgan fingerprint density at radius 2 is 1.19 bits per heavy atom. The molecule has 12 nitrogen and oxygen atoms in total. The molecule has 0 aliphatic carbocycles. The van der Waals surface area contributed by atoms with Gasteiger partial charge in [0.1, 0.15) is 41.8 Å². The average Bonchev–Trinajstić information content (AvgIpc) is 3.34. The third-order valence-corrected chi connectivity index (χ3v) is 17.9. The maximum absolute atomic E-state index is 14.6. The van der Waals surface area contributed by atoms with E-state index in [0.29, 0.717) is 56.9 Å². The summed E-state index contributed by atoms with van der Waals surface area (Å²) in [7, 11) is -2.99. The maximum Gasteiger partial charge on any atom is 0.262 e. The van der Waals surface area contributed by atoms with Crippen molar-refractivity contribution in [1.82, 2.24) is 20.9 Å². The molecule has 2 heterocycles. The van der Waals surface area contributed by atoms with Gasteiger partial charge in [-0.15, -0.1) is 0 Å². The normalized spacial score (nSPS) is 20.0. The average molecular weight is 943 g/mol. The van der Waals surface area contributed by atoms with Crippen LogP contribution < -0.4 is 35.8 Å². The lowest BCUT2D eigenvalue weighted by atomic mass is 9.96. The highest BCUT2D eigenvalue weighted by molar-refractivity contribution is 6.99. The molecule has 0 saturated carbocycles. The molecule has 2 aliphatic rings. The molecule has 0 spiro atoms. The molecule has 13 heteroatoms. The SMILES string of the molecule is CCOc1ccc(C[C@@H]2NC(=O)[C@H](CCC=CCC(=O)[C@@H](CC)O[Si](c3ccccc3)(c3ccccc3)C(C)(C)C)NC(=O)[C@H]3CCCCN3C(=O)[C@H](Cc3ccc(OCC)cc3)NC2=O)cc1. The predicted molar refractivity (Wildman–Crippen MR) is 269 cm³/mol. The van der Waals surface area contributed by atoms with Gasteiger partial charge < -0.3 is 34.8 Å². The number of nitrogens with zero attached hydrogens (tertiary/aromatic N) is 1. The number of benzene rings is 4. The second-order valence-electron chi connectivity index (χ2n) is 18.7. The summed E-state index contributed by atoms with van der Waals surface area (Å²) in [5.41, 5.74) is 1.57. The van der Waals surface area contributed by atoms with Crippen molar-refractivity contribution < 1.29 is 37.9 Å². The van der Waals surface area contributed by atoms with Crippen LogP contribution in [0.4, 0.5) is 0 Å². The van der Waals surface area contributed by atoms with Gasteiger partial charge in [0.25, 0.3) is 8.32 Å². The Morgan fingerprint density at radius 1 is 0.676 bits per heavy atom. The molecule has 68 heavy (non-hydrogen) atoms. The maximum atomic E-state index is 14.6. The van der Waals surface area contributed by atoms with Crippen LogP contribution in [0, 0.1) is 0 Å². The molecular weight excluding hydrogens is 873 g/mol. The molecule has 362 valence electrons. The molecule has 0 radical (unpaired) electrons. The molecule has 2 fully saturated rings. The molecule has 2 saturated heterocycles. The number of ether oxygens (including phenoxy) is 2. The first-order valence-corrected chi connectivity index (χ1v) is 26.3. The topological polar surface area (TPSA) is 152 Å². The van der Waals surface area contributed by atoms with Crippen LogP contribution in [0.3, 0.4) is 0 Å². The van der Waals surface area contributed by atoms with Crippen molar-refractivity contribution in [2.45, 2.75) is 135 Å². The number of nitrogens with one attached hydrogen (secondary N) is 3. The molecule has 0 aromatic heterocycles. The Morgan fingerprint density at radius 3 is 1.72 bits per heavy atom. The number of fused-ring (bicyclic) bond motifs is 1. The summed E-state index contributed by atoms with van der Waals surface area (Å²) >= 11 is 0. The van der Waals surface area contributed by atoms with Crippen LogP contribution in [0.25, 0.3) is 0 Å². The summed E-state index contributed by atoms with van der Waals surface area (Å²) in [6.07, 6.45) is 6.34. The molecule has 0 bridgehead atoms. The van der Waals surface area contributed by atoms with E-state index in [9.17, 15) is 24.0 Å². The minimum absolute atomic E-state index is 0.0418. The largest absolute Gasteiger partial charge is 0.494 e. The van der Waals surface area contributed by atoms with Gasteiger partial charge in [-0.2, -0.15) is 0 Å². The second-order valence-corrected chi connectivity index (χ2v) is 22.9. The summed E-state index contributed by atoms with van der Waals surface area (Å²) in [6, 6.07) is 31.3. The molecule has 4 aromatic rings. The quantitative estimate of drug-likeness (QED) is 0.0689. The number of Topliss-reactive ketones (excluding diaryl/α,β-unsaturated/α-hetero) is 1. The molecule has 6 rings (SSSR count). The number of carbonyl (C=O) groups excluding carboxylic acids is 5. The van der Waals surface area contributed by atoms with Gasteiger partial charge in [0.2, 0.25) is 23.6 Å². The number of piperidine rings is 1. The summed E-state index contributed by atoms with van der Waals surface area (Å²) < 4.78 is 18.5. The molecule has 4 amide bonds. The van der Waals surface area contributed by atoms with Crippen LogP contribution in [0.2, 0.25) is 5.04 Å². The monoisotopic (exact) mass is 942 g/mol. The van der Waals surface area contributed by atoms with Crippen molar-refractivity contribution in [2.75, 3.05) is 19.8 Å². The van der Waals surface area contributed by atoms with E-state index in [1.165, 1.54) is 0 Å². The lowest BCUT2D eigenvalue weighted by molar-refractivity contribution is -0.146. The zero-order chi connectivity index (χ0) is 48.7. The standard InChI is InChI=1S/C55H70N4O8Si/c1-7-50(67-68(55(4,5)6,43-21-13-10-14-22-43)44-23-15-11-16-24-44)49(60)27-18-12-17-25-45-51(61)57-46(37-39-28-32-41(33-29-39)65-8-2)52(62)58-47(38-40-30-34-42(35-31-40)66-9-3)54(64)59-36-20-19-26-48(59)53(63)56-45/h10-16,18,21-24,28-35,45-48,50H,7-9,17,19-20,25-27,36-38H2,1-6H3,(H,56,63)(H,57,61)(H,58,62)/t45-,46-,47-,48+,50+/m0/s1. The van der Waals surface area contributed by atoms with E-state index in [-0.39, 0.29) is 42.4 Å². The third kappa shape index (κ3) is 12.9. The van der Waals surface area contributed by atoms with Crippen LogP contribution in [0.1, 0.15) is 97.6 Å². The molecule has 4 aromatic carbocycles.